The van der Waals surface area contributed by atoms with Crippen molar-refractivity contribution in [1.29, 1.82) is 0 Å². The molecule has 1 aromatic heterocycles. The van der Waals surface area contributed by atoms with E-state index in [-0.39, 0.29) is 5.91 Å². The lowest BCUT2D eigenvalue weighted by atomic mass is 10.0. The zero-order valence-corrected chi connectivity index (χ0v) is 10.2. The van der Waals surface area contributed by atoms with Crippen LogP contribution in [0.3, 0.4) is 0 Å². The summed E-state index contributed by atoms with van der Waals surface area (Å²) in [4.78, 5) is 15.8. The first-order valence-electron chi connectivity index (χ1n) is 5.81. The Morgan fingerprint density at radius 2 is 2.35 bits per heavy atom. The Morgan fingerprint density at radius 3 is 2.88 bits per heavy atom. The van der Waals surface area contributed by atoms with Crippen LogP contribution in [0.2, 0.25) is 0 Å². The van der Waals surface area contributed by atoms with Gasteiger partial charge in [0, 0.05) is 25.1 Å². The monoisotopic (exact) mass is 235 g/mol. The van der Waals surface area contributed by atoms with Gasteiger partial charge in [-0.15, -0.1) is 0 Å². The molecule has 0 radical (unpaired) electrons. The number of nitrogens with zero attached hydrogens (tertiary/aromatic N) is 1. The molecule has 1 fully saturated rings. The minimum absolute atomic E-state index is 0.0438. The summed E-state index contributed by atoms with van der Waals surface area (Å²) < 4.78 is 5.41. The number of amides is 1. The van der Waals surface area contributed by atoms with Gasteiger partial charge >= 0.3 is 0 Å². The predicted molar refractivity (Wildman–Crippen MR) is 63.3 cm³/mol. The smallest absolute Gasteiger partial charge is 0.247 e. The third kappa shape index (κ3) is 2.74. The van der Waals surface area contributed by atoms with E-state index < -0.39 is 0 Å². The van der Waals surface area contributed by atoms with E-state index in [0.717, 1.165) is 30.8 Å². The number of nitrogens with one attached hydrogen (secondary N) is 2. The summed E-state index contributed by atoms with van der Waals surface area (Å²) >= 11 is 0. The number of oxazole rings is 1. The molecule has 0 aliphatic carbocycles. The fourth-order valence-electron chi connectivity index (χ4n) is 1.56. The van der Waals surface area contributed by atoms with Gasteiger partial charge in [-0.3, -0.25) is 4.79 Å². The van der Waals surface area contributed by atoms with E-state index >= 15 is 0 Å². The van der Waals surface area contributed by atoms with Gasteiger partial charge in [0.05, 0.1) is 12.7 Å². The minimum atomic E-state index is -0.0438. The third-order valence-corrected chi connectivity index (χ3v) is 2.90. The summed E-state index contributed by atoms with van der Waals surface area (Å²) in [5, 5.41) is 5.92. The fourth-order valence-corrected chi connectivity index (χ4v) is 1.56. The van der Waals surface area contributed by atoms with Gasteiger partial charge in [-0.1, -0.05) is 6.92 Å². The van der Waals surface area contributed by atoms with Gasteiger partial charge in [-0.05, 0) is 12.5 Å². The van der Waals surface area contributed by atoms with E-state index in [1.807, 2.05) is 13.8 Å². The number of carbonyl (C=O) groups excluding carboxylic acids is 1. The number of aryl methyl sites for hydroxylation is 1. The highest BCUT2D eigenvalue weighted by Crippen LogP contribution is 2.09. The summed E-state index contributed by atoms with van der Waals surface area (Å²) in [5.41, 5.74) is 1.97. The highest BCUT2D eigenvalue weighted by atomic mass is 16.4. The maximum Gasteiger partial charge on any atom is 0.247 e. The topological polar surface area (TPSA) is 67.2 Å². The van der Waals surface area contributed by atoms with Gasteiger partial charge < -0.3 is 15.1 Å². The Labute approximate surface area is 100 Å². The lowest BCUT2D eigenvalue weighted by Crippen LogP contribution is -2.37. The molecule has 1 aliphatic heterocycles. The van der Waals surface area contributed by atoms with Crippen molar-refractivity contribution >= 4 is 5.91 Å². The molecule has 17 heavy (non-hydrogen) atoms. The Kier molecular flexibility index (Phi) is 3.58. The van der Waals surface area contributed by atoms with Crippen molar-refractivity contribution in [2.75, 3.05) is 13.1 Å². The van der Waals surface area contributed by atoms with Crippen LogP contribution in [0.1, 0.15) is 25.5 Å². The standard InChI is InChI=1S/C12H17N3O2/c1-3-10-6-14-11(17-10)7-15-12(16)8(2)9-4-13-5-9/h6,13H,3-5,7H2,1-2H3,(H,15,16). The molecule has 0 unspecified atom stereocenters. The number of rotatable bonds is 4. The van der Waals surface area contributed by atoms with Gasteiger partial charge in [0.15, 0.2) is 0 Å². The van der Waals surface area contributed by atoms with Crippen LogP contribution in [0.5, 0.6) is 0 Å². The molecule has 5 nitrogen and oxygen atoms in total. The van der Waals surface area contributed by atoms with E-state index in [4.69, 9.17) is 4.42 Å². The second-order valence-electron chi connectivity index (χ2n) is 4.09. The first kappa shape index (κ1) is 11.9. The Balaban J connectivity index is 1.87. The highest BCUT2D eigenvalue weighted by Gasteiger charge is 2.16. The molecule has 0 spiro atoms. The van der Waals surface area contributed by atoms with Crippen molar-refractivity contribution in [3.8, 4) is 0 Å². The largest absolute Gasteiger partial charge is 0.444 e. The molecule has 1 aliphatic rings. The summed E-state index contributed by atoms with van der Waals surface area (Å²) in [6.07, 6.45) is 2.51. The van der Waals surface area contributed by atoms with Gasteiger partial charge in [0.25, 0.3) is 0 Å². The average molecular weight is 235 g/mol. The van der Waals surface area contributed by atoms with Crippen LogP contribution in [0.15, 0.2) is 21.8 Å². The molecule has 92 valence electrons. The van der Waals surface area contributed by atoms with Crippen molar-refractivity contribution in [2.45, 2.75) is 26.8 Å². The van der Waals surface area contributed by atoms with Crippen molar-refractivity contribution in [3.63, 3.8) is 0 Å². The zero-order chi connectivity index (χ0) is 12.3. The zero-order valence-electron chi connectivity index (χ0n) is 10.2. The van der Waals surface area contributed by atoms with Crippen LogP contribution in [-0.4, -0.2) is 24.0 Å². The van der Waals surface area contributed by atoms with Gasteiger partial charge in [0.2, 0.25) is 11.8 Å². The van der Waals surface area contributed by atoms with Crippen molar-refractivity contribution < 1.29 is 9.21 Å². The molecule has 1 amide bonds. The highest BCUT2D eigenvalue weighted by molar-refractivity contribution is 5.93. The van der Waals surface area contributed by atoms with E-state index in [1.165, 1.54) is 5.57 Å². The van der Waals surface area contributed by atoms with Crippen LogP contribution >= 0.6 is 0 Å². The molecule has 2 rings (SSSR count). The SMILES string of the molecule is CCc1cnc(CNC(=O)C(C)=C2CNC2)o1. The van der Waals surface area contributed by atoms with Crippen molar-refractivity contribution in [3.05, 3.63) is 29.0 Å². The molecular formula is C12H17N3O2. The molecule has 1 aromatic rings. The first-order valence-corrected chi connectivity index (χ1v) is 5.81. The molecule has 0 atom stereocenters. The normalized spacial score (nSPS) is 14.4. The van der Waals surface area contributed by atoms with Crippen LogP contribution in [0.25, 0.3) is 0 Å². The molecule has 5 heteroatoms. The fraction of sp³-hybridized carbons (Fsp3) is 0.500. The molecule has 0 saturated carbocycles. The second-order valence-corrected chi connectivity index (χ2v) is 4.09. The number of hydrogen-bond donors (Lipinski definition) is 2. The van der Waals surface area contributed by atoms with Crippen LogP contribution in [-0.2, 0) is 17.8 Å². The summed E-state index contributed by atoms with van der Waals surface area (Å²) in [6.45, 7) is 5.83. The average Bonchev–Trinajstić information content (AvgIpc) is 2.71. The van der Waals surface area contributed by atoms with Crippen molar-refractivity contribution in [1.82, 2.24) is 15.6 Å². The number of aromatic nitrogens is 1. The lowest BCUT2D eigenvalue weighted by molar-refractivity contribution is -0.117. The lowest BCUT2D eigenvalue weighted by Gasteiger charge is -2.21. The minimum Gasteiger partial charge on any atom is -0.444 e. The predicted octanol–water partition coefficient (Wildman–Crippen LogP) is 0.773. The van der Waals surface area contributed by atoms with Crippen LogP contribution in [0, 0.1) is 0 Å². The number of hydrogen-bond acceptors (Lipinski definition) is 4. The van der Waals surface area contributed by atoms with E-state index in [0.29, 0.717) is 12.4 Å². The molecule has 1 saturated heterocycles. The first-order chi connectivity index (χ1) is 8.20. The van der Waals surface area contributed by atoms with Crippen molar-refractivity contribution in [2.24, 2.45) is 0 Å². The maximum atomic E-state index is 11.8. The summed E-state index contributed by atoms with van der Waals surface area (Å²) in [7, 11) is 0. The van der Waals surface area contributed by atoms with Crippen LogP contribution < -0.4 is 10.6 Å². The van der Waals surface area contributed by atoms with E-state index in [9.17, 15) is 4.79 Å². The Hall–Kier alpha value is -1.62. The van der Waals surface area contributed by atoms with Crippen LogP contribution in [0.4, 0.5) is 0 Å². The summed E-state index contributed by atoms with van der Waals surface area (Å²) in [6, 6.07) is 0. The molecule has 2 heterocycles. The quantitative estimate of drug-likeness (QED) is 0.757. The Bertz CT molecular complexity index is 442. The molecule has 0 bridgehead atoms. The summed E-state index contributed by atoms with van der Waals surface area (Å²) in [5.74, 6) is 1.35. The van der Waals surface area contributed by atoms with E-state index in [1.54, 1.807) is 6.20 Å². The van der Waals surface area contributed by atoms with Gasteiger partial charge in [-0.25, -0.2) is 4.98 Å². The molecule has 0 aromatic carbocycles. The Morgan fingerprint density at radius 1 is 1.59 bits per heavy atom. The van der Waals surface area contributed by atoms with E-state index in [2.05, 4.69) is 15.6 Å². The second kappa shape index (κ2) is 5.14. The van der Waals surface area contributed by atoms with Gasteiger partial charge in [-0.2, -0.15) is 0 Å². The van der Waals surface area contributed by atoms with Gasteiger partial charge in [0.1, 0.15) is 5.76 Å². The third-order valence-electron chi connectivity index (χ3n) is 2.90. The number of carbonyl (C=O) groups is 1. The maximum absolute atomic E-state index is 11.8. The molecular weight excluding hydrogens is 218 g/mol. The molecule has 2 N–H and O–H groups in total.